The van der Waals surface area contributed by atoms with Gasteiger partial charge in [-0.1, -0.05) is 18.2 Å². The number of carbonyl (C=O) groups excluding carboxylic acids is 1. The molecule has 0 heterocycles. The maximum absolute atomic E-state index is 11.1. The minimum absolute atomic E-state index is 0.508. The fraction of sp³-hybridized carbons (Fsp3) is 0. The second kappa shape index (κ2) is 4.69. The smallest absolute Gasteiger partial charge is 0.284 e. The highest BCUT2D eigenvalue weighted by atomic mass is 16.3. The summed E-state index contributed by atoms with van der Waals surface area (Å²) in [5.41, 5.74) is -0.178. The average molecular weight is 188 g/mol. The summed E-state index contributed by atoms with van der Waals surface area (Å²) in [4.78, 5) is 21.1. The van der Waals surface area contributed by atoms with Gasteiger partial charge in [-0.15, -0.1) is 4.91 Å². The summed E-state index contributed by atoms with van der Waals surface area (Å²) in [6.07, 6.45) is 0. The molecule has 0 aliphatic heterocycles. The SMILES string of the molecule is [N-]=C=C(N=O)C(=O)Nc1ccccc1. The molecule has 0 radical (unpaired) electrons. The predicted octanol–water partition coefficient (Wildman–Crippen LogP) is 1.51. The minimum Gasteiger partial charge on any atom is -0.761 e. The summed E-state index contributed by atoms with van der Waals surface area (Å²) in [5, 5.41) is 13.0. The number of nitrogens with one attached hydrogen (secondary N) is 1. The number of anilines is 1. The molecule has 0 fully saturated rings. The number of nitrogens with zero attached hydrogens (tertiary/aromatic N) is 2. The van der Waals surface area contributed by atoms with E-state index >= 15 is 0 Å². The first-order chi connectivity index (χ1) is 6.77. The van der Waals surface area contributed by atoms with Gasteiger partial charge >= 0.3 is 0 Å². The zero-order valence-corrected chi connectivity index (χ0v) is 7.10. The van der Waals surface area contributed by atoms with Crippen LogP contribution in [0, 0.1) is 4.91 Å². The summed E-state index contributed by atoms with van der Waals surface area (Å²) >= 11 is 0. The van der Waals surface area contributed by atoms with E-state index in [-0.39, 0.29) is 0 Å². The number of amides is 1. The predicted molar refractivity (Wildman–Crippen MR) is 52.7 cm³/mol. The first-order valence-electron chi connectivity index (χ1n) is 3.74. The Morgan fingerprint density at radius 3 is 2.50 bits per heavy atom. The molecule has 0 bridgehead atoms. The zero-order chi connectivity index (χ0) is 10.4. The van der Waals surface area contributed by atoms with E-state index in [0.29, 0.717) is 5.69 Å². The molecule has 0 aromatic heterocycles. The molecule has 14 heavy (non-hydrogen) atoms. The molecule has 1 aromatic rings. The maximum Gasteiger partial charge on any atom is 0.284 e. The monoisotopic (exact) mass is 188 g/mol. The van der Waals surface area contributed by atoms with Gasteiger partial charge in [-0.2, -0.15) is 0 Å². The number of rotatable bonds is 3. The molecule has 0 aliphatic rings. The molecule has 0 saturated heterocycles. The molecule has 70 valence electrons. The van der Waals surface area contributed by atoms with Crippen LogP contribution in [0.3, 0.4) is 0 Å². The highest BCUT2D eigenvalue weighted by molar-refractivity contribution is 6.09. The van der Waals surface area contributed by atoms with E-state index in [9.17, 15) is 9.70 Å². The van der Waals surface area contributed by atoms with Gasteiger partial charge in [0.25, 0.3) is 5.91 Å². The lowest BCUT2D eigenvalue weighted by Gasteiger charge is -2.01. The molecule has 0 atom stereocenters. The molecule has 0 spiro atoms. The highest BCUT2D eigenvalue weighted by Gasteiger charge is 2.07. The van der Waals surface area contributed by atoms with E-state index in [1.807, 2.05) is 0 Å². The van der Waals surface area contributed by atoms with Gasteiger partial charge in [-0.3, -0.25) is 4.79 Å². The zero-order valence-electron chi connectivity index (χ0n) is 7.10. The summed E-state index contributed by atoms with van der Waals surface area (Å²) in [6, 6.07) is 8.49. The molecule has 1 N–H and O–H groups in total. The lowest BCUT2D eigenvalue weighted by molar-refractivity contribution is -0.112. The first-order valence-corrected chi connectivity index (χ1v) is 3.74. The van der Waals surface area contributed by atoms with Crippen molar-refractivity contribution in [2.75, 3.05) is 5.32 Å². The lowest BCUT2D eigenvalue weighted by atomic mass is 10.3. The van der Waals surface area contributed by atoms with Gasteiger partial charge in [0.1, 0.15) is 0 Å². The van der Waals surface area contributed by atoms with Crippen molar-refractivity contribution in [1.82, 2.24) is 0 Å². The van der Waals surface area contributed by atoms with Crippen LogP contribution in [0.5, 0.6) is 0 Å². The van der Waals surface area contributed by atoms with Crippen LogP contribution in [-0.4, -0.2) is 11.8 Å². The van der Waals surface area contributed by atoms with Crippen molar-refractivity contribution in [1.29, 1.82) is 0 Å². The number of carbonyl (C=O) groups is 1. The summed E-state index contributed by atoms with van der Waals surface area (Å²) < 4.78 is 0. The van der Waals surface area contributed by atoms with E-state index < -0.39 is 11.6 Å². The third kappa shape index (κ3) is 2.36. The van der Waals surface area contributed by atoms with Gasteiger partial charge in [0, 0.05) is 5.69 Å². The fourth-order valence-electron chi connectivity index (χ4n) is 0.824. The van der Waals surface area contributed by atoms with E-state index in [2.05, 4.69) is 10.5 Å². The standard InChI is InChI=1S/C9H6N3O2/c10-6-8(12-14)9(13)11-7-4-2-1-3-5-7/h1-5H,(H,11,13)/q-1. The van der Waals surface area contributed by atoms with Gasteiger partial charge in [0.05, 0.1) is 0 Å². The van der Waals surface area contributed by atoms with Gasteiger partial charge < -0.3 is 10.7 Å². The Bertz CT molecular complexity index is 394. The average Bonchev–Trinajstić information content (AvgIpc) is 2.21. The second-order valence-corrected chi connectivity index (χ2v) is 2.37. The lowest BCUT2D eigenvalue weighted by Crippen LogP contribution is -2.13. The molecule has 0 saturated carbocycles. The molecule has 5 heteroatoms. The fourth-order valence-corrected chi connectivity index (χ4v) is 0.824. The van der Waals surface area contributed by atoms with Crippen molar-refractivity contribution in [3.63, 3.8) is 0 Å². The second-order valence-electron chi connectivity index (χ2n) is 2.37. The van der Waals surface area contributed by atoms with Crippen LogP contribution in [0.4, 0.5) is 5.69 Å². The van der Waals surface area contributed by atoms with Gasteiger partial charge in [-0.25, -0.2) is 5.87 Å². The van der Waals surface area contributed by atoms with Gasteiger partial charge in [0.2, 0.25) is 0 Å². The van der Waals surface area contributed by atoms with E-state index in [1.54, 1.807) is 30.3 Å². The number of hydrogen-bond donors (Lipinski definition) is 1. The molecule has 0 unspecified atom stereocenters. The number of hydrogen-bond acceptors (Lipinski definition) is 3. The van der Waals surface area contributed by atoms with Crippen LogP contribution in [0.1, 0.15) is 0 Å². The van der Waals surface area contributed by atoms with Crippen molar-refractivity contribution >= 4 is 17.5 Å². The molecular formula is C9H6N3O2-. The Hall–Kier alpha value is -2.26. The van der Waals surface area contributed by atoms with Crippen molar-refractivity contribution in [2.45, 2.75) is 0 Å². The third-order valence-electron chi connectivity index (χ3n) is 1.44. The van der Waals surface area contributed by atoms with Crippen LogP contribution in [0.15, 0.2) is 41.2 Å². The molecule has 1 aromatic carbocycles. The molecular weight excluding hydrogens is 182 g/mol. The summed E-state index contributed by atoms with van der Waals surface area (Å²) in [6.45, 7) is 0. The van der Waals surface area contributed by atoms with Crippen molar-refractivity contribution in [3.05, 3.63) is 46.3 Å². The number of para-hydroxylation sites is 1. The molecule has 0 aliphatic carbocycles. The summed E-state index contributed by atoms with van der Waals surface area (Å²) in [7, 11) is 0. The Balaban J connectivity index is 2.76. The van der Waals surface area contributed by atoms with Crippen LogP contribution in [-0.2, 0) is 4.79 Å². The third-order valence-corrected chi connectivity index (χ3v) is 1.44. The van der Waals surface area contributed by atoms with E-state index in [4.69, 9.17) is 5.41 Å². The Morgan fingerprint density at radius 2 is 2.00 bits per heavy atom. The molecule has 1 rings (SSSR count). The van der Waals surface area contributed by atoms with Crippen LogP contribution >= 0.6 is 0 Å². The minimum atomic E-state index is -0.797. The first kappa shape index (κ1) is 9.83. The normalized spacial score (nSPS) is 8.57. The Morgan fingerprint density at radius 1 is 1.36 bits per heavy atom. The molecule has 5 nitrogen and oxygen atoms in total. The largest absolute Gasteiger partial charge is 0.761 e. The van der Waals surface area contributed by atoms with E-state index in [1.165, 1.54) is 5.87 Å². The van der Waals surface area contributed by atoms with Crippen molar-refractivity contribution in [3.8, 4) is 0 Å². The van der Waals surface area contributed by atoms with Crippen LogP contribution in [0.25, 0.3) is 5.41 Å². The maximum atomic E-state index is 11.1. The topological polar surface area (TPSA) is 80.8 Å². The number of nitroso groups, excluding NO2 is 1. The van der Waals surface area contributed by atoms with Crippen LogP contribution in [0.2, 0.25) is 0 Å². The van der Waals surface area contributed by atoms with Gasteiger partial charge in [0.15, 0.2) is 5.70 Å². The highest BCUT2D eigenvalue weighted by Crippen LogP contribution is 2.06. The number of benzene rings is 1. The Kier molecular flexibility index (Phi) is 3.29. The van der Waals surface area contributed by atoms with Crippen molar-refractivity contribution in [2.24, 2.45) is 5.18 Å². The van der Waals surface area contributed by atoms with Crippen molar-refractivity contribution < 1.29 is 4.79 Å². The van der Waals surface area contributed by atoms with E-state index in [0.717, 1.165) is 0 Å². The summed E-state index contributed by atoms with van der Waals surface area (Å²) in [5.74, 6) is 0.600. The Labute approximate surface area is 79.9 Å². The van der Waals surface area contributed by atoms with Gasteiger partial charge in [-0.05, 0) is 17.3 Å². The quantitative estimate of drug-likeness (QED) is 0.443. The van der Waals surface area contributed by atoms with Crippen LogP contribution < -0.4 is 5.32 Å². The molecule has 1 amide bonds.